The number of pyridine rings is 1. The number of ketones is 1. The molecule has 6 heteroatoms. The molecule has 0 saturated carbocycles. The number of carbonyl (C=O) groups is 3. The van der Waals surface area contributed by atoms with E-state index in [1.54, 1.807) is 24.3 Å². The number of rotatable bonds is 6. The van der Waals surface area contributed by atoms with Crippen LogP contribution in [0.4, 0.5) is 5.69 Å². The average Bonchev–Trinajstić information content (AvgIpc) is 2.61. The molecule has 0 bridgehead atoms. The second kappa shape index (κ2) is 8.19. The molecule has 1 aromatic heterocycles. The Morgan fingerprint density at radius 1 is 1.08 bits per heavy atom. The summed E-state index contributed by atoms with van der Waals surface area (Å²) in [5, 5.41) is 5.53. The Kier molecular flexibility index (Phi) is 6.00. The van der Waals surface area contributed by atoms with Crippen molar-refractivity contribution in [3.05, 3.63) is 59.4 Å². The summed E-state index contributed by atoms with van der Waals surface area (Å²) in [7, 11) is 0. The summed E-state index contributed by atoms with van der Waals surface area (Å²) in [5.41, 5.74) is 1.53. The monoisotopic (exact) mass is 339 g/mol. The van der Waals surface area contributed by atoms with Crippen molar-refractivity contribution in [3.8, 4) is 0 Å². The van der Waals surface area contributed by atoms with Gasteiger partial charge >= 0.3 is 0 Å². The van der Waals surface area contributed by atoms with Crippen LogP contribution < -0.4 is 10.6 Å². The first kappa shape index (κ1) is 18.3. The zero-order valence-corrected chi connectivity index (χ0v) is 14.5. The summed E-state index contributed by atoms with van der Waals surface area (Å²) in [6.45, 7) is 5.33. The molecule has 0 aliphatic carbocycles. The van der Waals surface area contributed by atoms with Gasteiger partial charge in [0, 0.05) is 29.1 Å². The molecule has 2 aromatic rings. The molecule has 0 fully saturated rings. The molecule has 130 valence electrons. The fraction of sp³-hybridized carbons (Fsp3) is 0.263. The maximum atomic E-state index is 12.4. The van der Waals surface area contributed by atoms with Gasteiger partial charge in [-0.15, -0.1) is 0 Å². The van der Waals surface area contributed by atoms with Gasteiger partial charge in [-0.2, -0.15) is 0 Å². The predicted molar refractivity (Wildman–Crippen MR) is 95.9 cm³/mol. The van der Waals surface area contributed by atoms with Crippen LogP contribution in [0.3, 0.4) is 0 Å². The number of amides is 2. The largest absolute Gasteiger partial charge is 0.348 e. The minimum Gasteiger partial charge on any atom is -0.348 e. The SMILES string of the molecule is CCC(C)NC(=O)c1cc(C(=O)Nc2cccc(C(C)=O)c2)ccn1. The lowest BCUT2D eigenvalue weighted by Gasteiger charge is -2.11. The second-order valence-corrected chi connectivity index (χ2v) is 5.80. The van der Waals surface area contributed by atoms with E-state index in [2.05, 4.69) is 15.6 Å². The Balaban J connectivity index is 2.14. The molecule has 2 rings (SSSR count). The fourth-order valence-electron chi connectivity index (χ4n) is 2.11. The number of hydrogen-bond acceptors (Lipinski definition) is 4. The molecule has 0 spiro atoms. The van der Waals surface area contributed by atoms with Gasteiger partial charge in [0.25, 0.3) is 11.8 Å². The Morgan fingerprint density at radius 3 is 2.52 bits per heavy atom. The Bertz CT molecular complexity index is 802. The minimum absolute atomic E-state index is 0.0288. The number of carbonyl (C=O) groups excluding carboxylic acids is 3. The summed E-state index contributed by atoms with van der Waals surface area (Å²) >= 11 is 0. The van der Waals surface area contributed by atoms with Gasteiger partial charge in [-0.25, -0.2) is 0 Å². The molecule has 1 atom stereocenters. The van der Waals surface area contributed by atoms with Gasteiger partial charge in [-0.1, -0.05) is 19.1 Å². The van der Waals surface area contributed by atoms with Crippen molar-refractivity contribution >= 4 is 23.3 Å². The Labute approximate surface area is 146 Å². The van der Waals surface area contributed by atoms with E-state index in [0.29, 0.717) is 16.8 Å². The van der Waals surface area contributed by atoms with Crippen molar-refractivity contribution in [2.24, 2.45) is 0 Å². The van der Waals surface area contributed by atoms with E-state index in [-0.39, 0.29) is 29.3 Å². The van der Waals surface area contributed by atoms with Gasteiger partial charge < -0.3 is 10.6 Å². The molecule has 0 aliphatic heterocycles. The standard InChI is InChI=1S/C19H21N3O3/c1-4-12(2)21-19(25)17-11-15(8-9-20-17)18(24)22-16-7-5-6-14(10-16)13(3)23/h5-12H,4H2,1-3H3,(H,21,25)(H,22,24). The minimum atomic E-state index is -0.374. The van der Waals surface area contributed by atoms with Gasteiger partial charge in [-0.05, 0) is 44.5 Å². The number of nitrogens with zero attached hydrogens (tertiary/aromatic N) is 1. The molecule has 1 aromatic carbocycles. The van der Waals surface area contributed by atoms with Gasteiger partial charge in [-0.3, -0.25) is 19.4 Å². The zero-order valence-electron chi connectivity index (χ0n) is 14.5. The van der Waals surface area contributed by atoms with Crippen molar-refractivity contribution in [2.45, 2.75) is 33.2 Å². The molecular weight excluding hydrogens is 318 g/mol. The summed E-state index contributed by atoms with van der Waals surface area (Å²) in [5.74, 6) is -0.771. The average molecular weight is 339 g/mol. The molecule has 2 N–H and O–H groups in total. The van der Waals surface area contributed by atoms with Gasteiger partial charge in [0.05, 0.1) is 0 Å². The van der Waals surface area contributed by atoms with Crippen LogP contribution in [0.2, 0.25) is 0 Å². The molecule has 1 unspecified atom stereocenters. The second-order valence-electron chi connectivity index (χ2n) is 5.80. The smallest absolute Gasteiger partial charge is 0.270 e. The summed E-state index contributed by atoms with van der Waals surface area (Å²) in [6, 6.07) is 9.69. The third kappa shape index (κ3) is 4.97. The molecule has 25 heavy (non-hydrogen) atoms. The third-order valence-corrected chi connectivity index (χ3v) is 3.77. The lowest BCUT2D eigenvalue weighted by molar-refractivity contribution is 0.0933. The predicted octanol–water partition coefficient (Wildman–Crippen LogP) is 3.06. The third-order valence-electron chi connectivity index (χ3n) is 3.77. The molecular formula is C19H21N3O3. The van der Waals surface area contributed by atoms with Crippen molar-refractivity contribution < 1.29 is 14.4 Å². The number of nitrogens with one attached hydrogen (secondary N) is 2. The molecule has 0 radical (unpaired) electrons. The number of aromatic nitrogens is 1. The van der Waals surface area contributed by atoms with Crippen LogP contribution in [-0.2, 0) is 0 Å². The summed E-state index contributed by atoms with van der Waals surface area (Å²) in [6.07, 6.45) is 2.23. The van der Waals surface area contributed by atoms with Gasteiger partial charge in [0.2, 0.25) is 0 Å². The highest BCUT2D eigenvalue weighted by atomic mass is 16.2. The fourth-order valence-corrected chi connectivity index (χ4v) is 2.11. The first-order chi connectivity index (χ1) is 11.9. The van der Waals surface area contributed by atoms with E-state index in [4.69, 9.17) is 0 Å². The van der Waals surface area contributed by atoms with Crippen LogP contribution in [0.15, 0.2) is 42.6 Å². The van der Waals surface area contributed by atoms with Crippen LogP contribution in [-0.4, -0.2) is 28.6 Å². The quantitative estimate of drug-likeness (QED) is 0.792. The number of Topliss-reactive ketones (excluding diaryl/α,β-unsaturated/α-hetero) is 1. The Morgan fingerprint density at radius 2 is 1.84 bits per heavy atom. The highest BCUT2D eigenvalue weighted by molar-refractivity contribution is 6.06. The van der Waals surface area contributed by atoms with Gasteiger partial charge in [0.1, 0.15) is 5.69 Å². The van der Waals surface area contributed by atoms with Crippen molar-refractivity contribution in [1.29, 1.82) is 0 Å². The van der Waals surface area contributed by atoms with Crippen molar-refractivity contribution in [2.75, 3.05) is 5.32 Å². The maximum absolute atomic E-state index is 12.4. The number of anilines is 1. The molecule has 6 nitrogen and oxygen atoms in total. The van der Waals surface area contributed by atoms with Crippen LogP contribution in [0.5, 0.6) is 0 Å². The first-order valence-electron chi connectivity index (χ1n) is 8.10. The van der Waals surface area contributed by atoms with Crippen LogP contribution in [0.1, 0.15) is 58.4 Å². The van der Waals surface area contributed by atoms with E-state index in [9.17, 15) is 14.4 Å². The highest BCUT2D eigenvalue weighted by Gasteiger charge is 2.14. The van der Waals surface area contributed by atoms with E-state index in [0.717, 1.165) is 6.42 Å². The lowest BCUT2D eigenvalue weighted by atomic mass is 10.1. The molecule has 0 saturated heterocycles. The van der Waals surface area contributed by atoms with E-state index in [1.165, 1.54) is 25.3 Å². The maximum Gasteiger partial charge on any atom is 0.270 e. The highest BCUT2D eigenvalue weighted by Crippen LogP contribution is 2.13. The van der Waals surface area contributed by atoms with Crippen LogP contribution in [0, 0.1) is 0 Å². The summed E-state index contributed by atoms with van der Waals surface area (Å²) in [4.78, 5) is 40.0. The lowest BCUT2D eigenvalue weighted by Crippen LogP contribution is -2.32. The van der Waals surface area contributed by atoms with Crippen LogP contribution in [0.25, 0.3) is 0 Å². The Hall–Kier alpha value is -3.02. The van der Waals surface area contributed by atoms with Gasteiger partial charge in [0.15, 0.2) is 5.78 Å². The molecule has 0 aliphatic rings. The topological polar surface area (TPSA) is 88.2 Å². The van der Waals surface area contributed by atoms with Crippen LogP contribution >= 0.6 is 0 Å². The van der Waals surface area contributed by atoms with E-state index in [1.807, 2.05) is 13.8 Å². The van der Waals surface area contributed by atoms with E-state index >= 15 is 0 Å². The first-order valence-corrected chi connectivity index (χ1v) is 8.10. The van der Waals surface area contributed by atoms with Crippen molar-refractivity contribution in [1.82, 2.24) is 10.3 Å². The molecule has 2 amide bonds. The van der Waals surface area contributed by atoms with E-state index < -0.39 is 0 Å². The number of hydrogen-bond donors (Lipinski definition) is 2. The normalized spacial score (nSPS) is 11.5. The molecule has 1 heterocycles. The summed E-state index contributed by atoms with van der Waals surface area (Å²) < 4.78 is 0. The zero-order chi connectivity index (χ0) is 18.4. The van der Waals surface area contributed by atoms with Crippen molar-refractivity contribution in [3.63, 3.8) is 0 Å². The number of benzene rings is 1.